The Hall–Kier alpha value is -3.52. The van der Waals surface area contributed by atoms with Crippen LogP contribution in [0.15, 0.2) is 46.8 Å². The summed E-state index contributed by atoms with van der Waals surface area (Å²) in [5.41, 5.74) is -0.258. The molecule has 0 saturated heterocycles. The number of anilines is 2. The molecule has 132 valence electrons. The normalized spacial score (nSPS) is 10.6. The number of benzene rings is 1. The van der Waals surface area contributed by atoms with Gasteiger partial charge >= 0.3 is 0 Å². The lowest BCUT2D eigenvalue weighted by atomic mass is 10.2. The molecule has 0 bridgehead atoms. The van der Waals surface area contributed by atoms with E-state index in [2.05, 4.69) is 36.5 Å². The predicted octanol–water partition coefficient (Wildman–Crippen LogP) is 2.61. The molecule has 2 aromatic rings. The zero-order valence-corrected chi connectivity index (χ0v) is 14.8. The summed E-state index contributed by atoms with van der Waals surface area (Å²) in [7, 11) is 1.31. The number of nitro benzene ring substituents is 1. The van der Waals surface area contributed by atoms with Gasteiger partial charge in [0.05, 0.1) is 28.3 Å². The van der Waals surface area contributed by atoms with Crippen LogP contribution in [0, 0.1) is 21.4 Å². The van der Waals surface area contributed by atoms with E-state index in [1.54, 1.807) is 6.07 Å². The lowest BCUT2D eigenvalue weighted by Crippen LogP contribution is -2.15. The number of amides is 1. The van der Waals surface area contributed by atoms with E-state index in [0.717, 1.165) is 6.20 Å². The van der Waals surface area contributed by atoms with Crippen molar-refractivity contribution in [2.45, 2.75) is 0 Å². The van der Waals surface area contributed by atoms with Gasteiger partial charge in [0.2, 0.25) is 5.95 Å². The molecule has 0 radical (unpaired) electrons. The number of carbonyl (C=O) groups is 1. The molecule has 2 N–H and O–H groups in total. The highest BCUT2D eigenvalue weighted by molar-refractivity contribution is 9.10. The van der Waals surface area contributed by atoms with Gasteiger partial charge in [-0.1, -0.05) is 0 Å². The van der Waals surface area contributed by atoms with E-state index < -0.39 is 10.8 Å². The molecule has 0 atom stereocenters. The Morgan fingerprint density at radius 3 is 2.69 bits per heavy atom. The minimum atomic E-state index is -0.732. The monoisotopic (exact) mass is 418 g/mol. The van der Waals surface area contributed by atoms with Crippen molar-refractivity contribution in [2.24, 2.45) is 0 Å². The zero-order chi connectivity index (χ0) is 19.1. The second-order valence-electron chi connectivity index (χ2n) is 4.63. The van der Waals surface area contributed by atoms with Crippen molar-refractivity contribution in [3.63, 3.8) is 0 Å². The number of methoxy groups -OCH3 is 1. The average molecular weight is 419 g/mol. The number of aromatic nitrogens is 2. The molecule has 1 heterocycles. The Bertz CT molecular complexity index is 907. The van der Waals surface area contributed by atoms with Gasteiger partial charge in [-0.3, -0.25) is 14.9 Å². The zero-order valence-electron chi connectivity index (χ0n) is 13.3. The Balaban J connectivity index is 2.16. The van der Waals surface area contributed by atoms with Crippen LogP contribution in [0.25, 0.3) is 0 Å². The number of halogens is 1. The van der Waals surface area contributed by atoms with Gasteiger partial charge in [-0.05, 0) is 22.0 Å². The number of nitrogens with zero attached hydrogens (tertiary/aromatic N) is 4. The summed E-state index contributed by atoms with van der Waals surface area (Å²) in [6.45, 7) is 0. The number of nitro groups is 1. The van der Waals surface area contributed by atoms with Gasteiger partial charge in [-0.2, -0.15) is 5.26 Å². The highest BCUT2D eigenvalue weighted by atomic mass is 79.9. The minimum absolute atomic E-state index is 0.0917. The van der Waals surface area contributed by atoms with Crippen molar-refractivity contribution in [3.05, 3.63) is 57.0 Å². The van der Waals surface area contributed by atoms with Gasteiger partial charge in [-0.25, -0.2) is 9.97 Å². The maximum Gasteiger partial charge on any atom is 0.273 e. The fourth-order valence-corrected chi connectivity index (χ4v) is 1.96. The first-order valence-electron chi connectivity index (χ1n) is 6.92. The first-order valence-corrected chi connectivity index (χ1v) is 7.72. The average Bonchev–Trinajstić information content (AvgIpc) is 2.63. The smallest absolute Gasteiger partial charge is 0.273 e. The molecule has 26 heavy (non-hydrogen) atoms. The number of nitriles is 1. The fraction of sp³-hybridized carbons (Fsp3) is 0.0667. The summed E-state index contributed by atoms with van der Waals surface area (Å²) < 4.78 is 5.71. The van der Waals surface area contributed by atoms with E-state index >= 15 is 0 Å². The second kappa shape index (κ2) is 8.54. The number of nitrogens with one attached hydrogen (secondary N) is 2. The molecule has 10 nitrogen and oxygen atoms in total. The summed E-state index contributed by atoms with van der Waals surface area (Å²) in [5.74, 6) is -0.444. The quantitative estimate of drug-likeness (QED) is 0.315. The summed E-state index contributed by atoms with van der Waals surface area (Å²) >= 11 is 3.19. The maximum absolute atomic E-state index is 12.2. The highest BCUT2D eigenvalue weighted by Crippen LogP contribution is 2.29. The summed E-state index contributed by atoms with van der Waals surface area (Å²) in [6.07, 6.45) is 4.14. The third kappa shape index (κ3) is 4.74. The standard InChI is InChI=1S/C15H11BrN6O4/c1-26-13-4-11(22(24)25)2-3-12(13)21-14(23)9(5-17)6-18-15-19-7-10(16)8-20-15/h2-4,6-8H,1H3,(H,21,23)(H,18,19,20)/b9-6-. The molecule has 0 aliphatic heterocycles. The van der Waals surface area contributed by atoms with Gasteiger partial charge in [0.25, 0.3) is 11.6 Å². The van der Waals surface area contributed by atoms with Crippen LogP contribution in [0.3, 0.4) is 0 Å². The number of hydrogen-bond donors (Lipinski definition) is 2. The van der Waals surface area contributed by atoms with Crippen molar-refractivity contribution in [1.29, 1.82) is 5.26 Å². The van der Waals surface area contributed by atoms with Crippen LogP contribution in [0.4, 0.5) is 17.3 Å². The largest absolute Gasteiger partial charge is 0.494 e. The third-order valence-electron chi connectivity index (χ3n) is 2.98. The first-order chi connectivity index (χ1) is 12.4. The number of rotatable bonds is 6. The van der Waals surface area contributed by atoms with Crippen LogP contribution in [-0.2, 0) is 4.79 Å². The van der Waals surface area contributed by atoms with Crippen molar-refractivity contribution < 1.29 is 14.5 Å². The summed E-state index contributed by atoms with van der Waals surface area (Å²) in [6, 6.07) is 5.43. The third-order valence-corrected chi connectivity index (χ3v) is 3.38. The van der Waals surface area contributed by atoms with Gasteiger partial charge in [0.15, 0.2) is 0 Å². The van der Waals surface area contributed by atoms with E-state index in [0.29, 0.717) is 4.47 Å². The van der Waals surface area contributed by atoms with E-state index in [4.69, 9.17) is 10.00 Å². The van der Waals surface area contributed by atoms with E-state index in [-0.39, 0.29) is 28.6 Å². The molecule has 0 aliphatic carbocycles. The summed E-state index contributed by atoms with van der Waals surface area (Å²) in [5, 5.41) is 25.0. The molecule has 0 spiro atoms. The number of carbonyl (C=O) groups excluding carboxylic acids is 1. The van der Waals surface area contributed by atoms with Crippen LogP contribution >= 0.6 is 15.9 Å². The fourth-order valence-electron chi connectivity index (χ4n) is 1.76. The SMILES string of the molecule is COc1cc([N+](=O)[O-])ccc1NC(=O)/C(C#N)=C\Nc1ncc(Br)cn1. The number of ether oxygens (including phenoxy) is 1. The van der Waals surface area contributed by atoms with Crippen LogP contribution < -0.4 is 15.4 Å². The first kappa shape index (κ1) is 18.8. The molecular formula is C15H11BrN6O4. The Labute approximate surface area is 155 Å². The van der Waals surface area contributed by atoms with Crippen LogP contribution in [-0.4, -0.2) is 27.9 Å². The van der Waals surface area contributed by atoms with E-state index in [1.165, 1.54) is 37.7 Å². The molecule has 2 rings (SSSR count). The predicted molar refractivity (Wildman–Crippen MR) is 95.3 cm³/mol. The Morgan fingerprint density at radius 2 is 2.12 bits per heavy atom. The molecule has 11 heteroatoms. The Morgan fingerprint density at radius 1 is 1.42 bits per heavy atom. The molecule has 1 aromatic carbocycles. The van der Waals surface area contributed by atoms with Gasteiger partial charge in [-0.15, -0.1) is 0 Å². The second-order valence-corrected chi connectivity index (χ2v) is 5.55. The van der Waals surface area contributed by atoms with E-state index in [1.807, 2.05) is 0 Å². The highest BCUT2D eigenvalue weighted by Gasteiger charge is 2.15. The van der Waals surface area contributed by atoms with E-state index in [9.17, 15) is 14.9 Å². The molecule has 0 unspecified atom stereocenters. The Kier molecular flexibility index (Phi) is 6.18. The lowest BCUT2D eigenvalue weighted by Gasteiger charge is -2.09. The lowest BCUT2D eigenvalue weighted by molar-refractivity contribution is -0.384. The molecule has 0 fully saturated rings. The topological polar surface area (TPSA) is 143 Å². The van der Waals surface area contributed by atoms with Crippen molar-refractivity contribution in [1.82, 2.24) is 9.97 Å². The molecule has 0 saturated carbocycles. The van der Waals surface area contributed by atoms with Crippen LogP contribution in [0.2, 0.25) is 0 Å². The summed E-state index contributed by atoms with van der Waals surface area (Å²) in [4.78, 5) is 30.3. The molecule has 1 aromatic heterocycles. The van der Waals surface area contributed by atoms with Crippen LogP contribution in [0.1, 0.15) is 0 Å². The molecular weight excluding hydrogens is 408 g/mol. The van der Waals surface area contributed by atoms with Crippen LogP contribution in [0.5, 0.6) is 5.75 Å². The van der Waals surface area contributed by atoms with Crippen molar-refractivity contribution in [3.8, 4) is 11.8 Å². The number of hydrogen-bond acceptors (Lipinski definition) is 8. The van der Waals surface area contributed by atoms with Gasteiger partial charge < -0.3 is 15.4 Å². The van der Waals surface area contributed by atoms with Crippen molar-refractivity contribution in [2.75, 3.05) is 17.7 Å². The molecule has 0 aliphatic rings. The van der Waals surface area contributed by atoms with Gasteiger partial charge in [0, 0.05) is 24.7 Å². The maximum atomic E-state index is 12.2. The minimum Gasteiger partial charge on any atom is -0.494 e. The molecule has 1 amide bonds. The van der Waals surface area contributed by atoms with Crippen molar-refractivity contribution >= 4 is 39.2 Å². The number of non-ortho nitro benzene ring substituents is 1. The van der Waals surface area contributed by atoms with Gasteiger partial charge in [0.1, 0.15) is 17.4 Å².